The number of fused-ring (bicyclic) bond motifs is 1. The Balaban J connectivity index is 1.90. The first-order valence-corrected chi connectivity index (χ1v) is 8.73. The molecule has 0 radical (unpaired) electrons. The average Bonchev–Trinajstić information content (AvgIpc) is 2.93. The standard InChI is InChI=1S/C19H20N2OS/c1-2-12-20-13-16-15-10-6-7-11-17(15)23-19(16)21-18(22)14-8-4-3-5-9-14/h2-5,8-9,13H,1,6-7,10-12H2,(H,21,22)/b20-13+. The van der Waals surface area contributed by atoms with E-state index in [9.17, 15) is 4.79 Å². The molecule has 0 aliphatic heterocycles. The van der Waals surface area contributed by atoms with Gasteiger partial charge in [-0.2, -0.15) is 0 Å². The van der Waals surface area contributed by atoms with Gasteiger partial charge in [-0.25, -0.2) is 0 Å². The van der Waals surface area contributed by atoms with Gasteiger partial charge < -0.3 is 5.32 Å². The Hall–Kier alpha value is -2.20. The molecule has 1 heterocycles. The van der Waals surface area contributed by atoms with Gasteiger partial charge in [0.05, 0.1) is 6.54 Å². The highest BCUT2D eigenvalue weighted by Crippen LogP contribution is 2.37. The van der Waals surface area contributed by atoms with Gasteiger partial charge >= 0.3 is 0 Å². The van der Waals surface area contributed by atoms with Crippen molar-refractivity contribution >= 4 is 28.5 Å². The van der Waals surface area contributed by atoms with E-state index in [1.807, 2.05) is 36.5 Å². The Kier molecular flexibility index (Phi) is 5.03. The number of aliphatic imine (C=N–C) groups is 1. The SMILES string of the molecule is C=CC/N=C/c1c(NC(=O)c2ccccc2)sc2c1CCCC2. The minimum absolute atomic E-state index is 0.0671. The van der Waals surface area contributed by atoms with Crippen molar-refractivity contribution in [3.05, 3.63) is 64.6 Å². The van der Waals surface area contributed by atoms with Crippen molar-refractivity contribution < 1.29 is 4.79 Å². The molecule has 0 unspecified atom stereocenters. The number of rotatable bonds is 5. The van der Waals surface area contributed by atoms with Crippen LogP contribution in [0.3, 0.4) is 0 Å². The van der Waals surface area contributed by atoms with E-state index in [0.29, 0.717) is 12.1 Å². The van der Waals surface area contributed by atoms with Crippen molar-refractivity contribution in [3.63, 3.8) is 0 Å². The van der Waals surface area contributed by atoms with Crippen LogP contribution in [0.5, 0.6) is 0 Å². The number of thiophene rings is 1. The molecule has 1 aromatic carbocycles. The molecule has 1 aliphatic rings. The van der Waals surface area contributed by atoms with Crippen molar-refractivity contribution in [1.82, 2.24) is 0 Å². The smallest absolute Gasteiger partial charge is 0.256 e. The van der Waals surface area contributed by atoms with Gasteiger partial charge in [-0.05, 0) is 43.4 Å². The number of carbonyl (C=O) groups excluding carboxylic acids is 1. The zero-order chi connectivity index (χ0) is 16.1. The highest BCUT2D eigenvalue weighted by molar-refractivity contribution is 7.17. The lowest BCUT2D eigenvalue weighted by molar-refractivity contribution is 0.102. The lowest BCUT2D eigenvalue weighted by atomic mass is 9.96. The molecule has 4 heteroatoms. The molecular weight excluding hydrogens is 304 g/mol. The van der Waals surface area contributed by atoms with E-state index >= 15 is 0 Å². The van der Waals surface area contributed by atoms with Gasteiger partial charge in [0, 0.05) is 22.2 Å². The summed E-state index contributed by atoms with van der Waals surface area (Å²) in [7, 11) is 0. The molecule has 23 heavy (non-hydrogen) atoms. The molecule has 1 N–H and O–H groups in total. The summed E-state index contributed by atoms with van der Waals surface area (Å²) in [6, 6.07) is 9.32. The first-order chi connectivity index (χ1) is 11.3. The predicted octanol–water partition coefficient (Wildman–Crippen LogP) is 4.48. The van der Waals surface area contributed by atoms with Crippen LogP contribution in [0.25, 0.3) is 0 Å². The van der Waals surface area contributed by atoms with E-state index in [1.165, 1.54) is 23.3 Å². The molecule has 118 valence electrons. The Labute approximate surface area is 140 Å². The number of hydrogen-bond donors (Lipinski definition) is 1. The largest absolute Gasteiger partial charge is 0.313 e. The van der Waals surface area contributed by atoms with E-state index in [1.54, 1.807) is 17.4 Å². The van der Waals surface area contributed by atoms with Crippen LogP contribution in [0, 0.1) is 0 Å². The number of nitrogens with one attached hydrogen (secondary N) is 1. The monoisotopic (exact) mass is 324 g/mol. The molecule has 0 bridgehead atoms. The van der Waals surface area contributed by atoms with Crippen LogP contribution >= 0.6 is 11.3 Å². The molecule has 0 atom stereocenters. The Morgan fingerprint density at radius 2 is 2.04 bits per heavy atom. The second kappa shape index (κ2) is 7.38. The number of hydrogen-bond acceptors (Lipinski definition) is 3. The van der Waals surface area contributed by atoms with E-state index in [-0.39, 0.29) is 5.91 Å². The number of carbonyl (C=O) groups is 1. The summed E-state index contributed by atoms with van der Waals surface area (Å²) in [5.74, 6) is -0.0671. The quantitative estimate of drug-likeness (QED) is 0.639. The summed E-state index contributed by atoms with van der Waals surface area (Å²) in [5, 5.41) is 3.99. The second-order valence-corrected chi connectivity index (χ2v) is 6.66. The molecule has 3 rings (SSSR count). The summed E-state index contributed by atoms with van der Waals surface area (Å²) in [5.41, 5.74) is 3.11. The van der Waals surface area contributed by atoms with Crippen LogP contribution < -0.4 is 5.32 Å². The van der Waals surface area contributed by atoms with Crippen molar-refractivity contribution in [2.45, 2.75) is 25.7 Å². The highest BCUT2D eigenvalue weighted by atomic mass is 32.1. The molecule has 0 saturated carbocycles. The zero-order valence-electron chi connectivity index (χ0n) is 13.0. The predicted molar refractivity (Wildman–Crippen MR) is 98.0 cm³/mol. The average molecular weight is 324 g/mol. The summed E-state index contributed by atoms with van der Waals surface area (Å²) < 4.78 is 0. The maximum Gasteiger partial charge on any atom is 0.256 e. The first-order valence-electron chi connectivity index (χ1n) is 7.91. The van der Waals surface area contributed by atoms with E-state index in [2.05, 4.69) is 16.9 Å². The van der Waals surface area contributed by atoms with Crippen LogP contribution in [0.4, 0.5) is 5.00 Å². The maximum atomic E-state index is 12.4. The number of anilines is 1. The number of nitrogens with zero attached hydrogens (tertiary/aromatic N) is 1. The number of amides is 1. The van der Waals surface area contributed by atoms with Gasteiger partial charge in [-0.3, -0.25) is 9.79 Å². The Bertz CT molecular complexity index is 731. The third-order valence-electron chi connectivity index (χ3n) is 3.93. The summed E-state index contributed by atoms with van der Waals surface area (Å²) >= 11 is 1.69. The highest BCUT2D eigenvalue weighted by Gasteiger charge is 2.21. The summed E-state index contributed by atoms with van der Waals surface area (Å²) in [6.07, 6.45) is 8.27. The van der Waals surface area contributed by atoms with Gasteiger partial charge in [0.25, 0.3) is 5.91 Å². The first kappa shape index (κ1) is 15.7. The lowest BCUT2D eigenvalue weighted by Gasteiger charge is -2.11. The van der Waals surface area contributed by atoms with Crippen molar-refractivity contribution in [1.29, 1.82) is 0 Å². The second-order valence-electron chi connectivity index (χ2n) is 5.56. The molecule has 1 aromatic heterocycles. The van der Waals surface area contributed by atoms with Crippen molar-refractivity contribution in [2.24, 2.45) is 4.99 Å². The molecule has 1 aliphatic carbocycles. The topological polar surface area (TPSA) is 41.5 Å². The third-order valence-corrected chi connectivity index (χ3v) is 5.15. The minimum atomic E-state index is -0.0671. The molecule has 2 aromatic rings. The zero-order valence-corrected chi connectivity index (χ0v) is 13.9. The van der Waals surface area contributed by atoms with E-state index in [0.717, 1.165) is 23.4 Å². The van der Waals surface area contributed by atoms with Crippen molar-refractivity contribution in [3.8, 4) is 0 Å². The third kappa shape index (κ3) is 3.59. The molecule has 3 nitrogen and oxygen atoms in total. The van der Waals surface area contributed by atoms with Gasteiger partial charge in [0.1, 0.15) is 5.00 Å². The molecule has 1 amide bonds. The summed E-state index contributed by atoms with van der Waals surface area (Å²) in [6.45, 7) is 4.29. The van der Waals surface area contributed by atoms with Crippen LogP contribution in [-0.4, -0.2) is 18.7 Å². The van der Waals surface area contributed by atoms with Gasteiger partial charge in [0.2, 0.25) is 0 Å². The number of aryl methyl sites for hydroxylation is 1. The van der Waals surface area contributed by atoms with Crippen molar-refractivity contribution in [2.75, 3.05) is 11.9 Å². The van der Waals surface area contributed by atoms with E-state index in [4.69, 9.17) is 0 Å². The van der Waals surface area contributed by atoms with Crippen LogP contribution in [0.1, 0.15) is 39.2 Å². The minimum Gasteiger partial charge on any atom is -0.313 e. The van der Waals surface area contributed by atoms with Gasteiger partial charge in [-0.15, -0.1) is 17.9 Å². The van der Waals surface area contributed by atoms with Gasteiger partial charge in [-0.1, -0.05) is 24.3 Å². The maximum absolute atomic E-state index is 12.4. The van der Waals surface area contributed by atoms with E-state index < -0.39 is 0 Å². The fraction of sp³-hybridized carbons (Fsp3) is 0.263. The van der Waals surface area contributed by atoms with Crippen LogP contribution in [-0.2, 0) is 12.8 Å². The Morgan fingerprint density at radius 1 is 1.26 bits per heavy atom. The molecule has 0 spiro atoms. The van der Waals surface area contributed by atoms with Crippen LogP contribution in [0.2, 0.25) is 0 Å². The number of benzene rings is 1. The fourth-order valence-corrected chi connectivity index (χ4v) is 4.06. The Morgan fingerprint density at radius 3 is 2.83 bits per heavy atom. The van der Waals surface area contributed by atoms with Gasteiger partial charge in [0.15, 0.2) is 0 Å². The lowest BCUT2D eigenvalue weighted by Crippen LogP contribution is -2.12. The summed E-state index contributed by atoms with van der Waals surface area (Å²) in [4.78, 5) is 18.2. The fourth-order valence-electron chi connectivity index (χ4n) is 2.80. The molecule has 0 fully saturated rings. The molecular formula is C19H20N2OS. The molecule has 0 saturated heterocycles. The van der Waals surface area contributed by atoms with Crippen LogP contribution in [0.15, 0.2) is 48.0 Å². The normalized spacial score (nSPS) is 13.7.